The van der Waals surface area contributed by atoms with Crippen LogP contribution in [0.3, 0.4) is 0 Å². The van der Waals surface area contributed by atoms with Crippen molar-refractivity contribution in [2.75, 3.05) is 0 Å². The molecule has 0 aromatic carbocycles. The third-order valence-corrected chi connectivity index (χ3v) is 2.58. The van der Waals surface area contributed by atoms with E-state index in [9.17, 15) is 4.79 Å². The predicted octanol–water partition coefficient (Wildman–Crippen LogP) is 2.27. The van der Waals surface area contributed by atoms with Crippen LogP contribution in [0.25, 0.3) is 0 Å². The molecule has 1 rings (SSSR count). The average Bonchev–Trinajstić information content (AvgIpc) is 2.16. The molecular weight excluding hydrogens is 307 g/mol. The summed E-state index contributed by atoms with van der Waals surface area (Å²) in [5.74, 6) is 0.969. The first-order valence-corrected chi connectivity index (χ1v) is 5.78. The van der Waals surface area contributed by atoms with Crippen LogP contribution < -0.4 is 8.73 Å². The summed E-state index contributed by atoms with van der Waals surface area (Å²) in [6, 6.07) is 0. The Bertz CT molecular complexity index is 399. The van der Waals surface area contributed by atoms with Gasteiger partial charge in [-0.05, 0) is 5.92 Å². The highest BCUT2D eigenvalue weighted by Gasteiger charge is 2.15. The Hall–Kier alpha value is -0.590. The number of halogens is 1. The lowest BCUT2D eigenvalue weighted by atomic mass is 10.1. The second kappa shape index (κ2) is 4.96. The fourth-order valence-electron chi connectivity index (χ4n) is 1.31. The Morgan fingerprint density at radius 3 is 2.33 bits per heavy atom. The molecule has 0 unspecified atom stereocenters. The third-order valence-electron chi connectivity index (χ3n) is 2.18. The summed E-state index contributed by atoms with van der Waals surface area (Å²) >= 11 is 1.70. The van der Waals surface area contributed by atoms with Crippen molar-refractivity contribution in [1.82, 2.24) is 9.71 Å². The quantitative estimate of drug-likeness (QED) is 0.802. The SMILES string of the molecule is CC(C)c1cnc(C(C)C)n(OI)c1=O. The van der Waals surface area contributed by atoms with Gasteiger partial charge in [0.2, 0.25) is 23.0 Å². The predicted molar refractivity (Wildman–Crippen MR) is 67.3 cm³/mol. The summed E-state index contributed by atoms with van der Waals surface area (Å²) in [6.45, 7) is 7.88. The van der Waals surface area contributed by atoms with Gasteiger partial charge in [0, 0.05) is 17.7 Å². The van der Waals surface area contributed by atoms with Crippen molar-refractivity contribution in [2.24, 2.45) is 0 Å². The average molecular weight is 322 g/mol. The van der Waals surface area contributed by atoms with E-state index in [-0.39, 0.29) is 17.4 Å². The lowest BCUT2D eigenvalue weighted by molar-refractivity contribution is 0.318. The van der Waals surface area contributed by atoms with Gasteiger partial charge in [0.1, 0.15) is 0 Å². The van der Waals surface area contributed by atoms with Gasteiger partial charge in [0.05, 0.1) is 0 Å². The van der Waals surface area contributed by atoms with Gasteiger partial charge in [-0.15, -0.1) is 4.73 Å². The highest BCUT2D eigenvalue weighted by molar-refractivity contribution is 14.1. The molecule has 1 heterocycles. The van der Waals surface area contributed by atoms with Crippen molar-refractivity contribution in [1.29, 1.82) is 0 Å². The minimum absolute atomic E-state index is 0.113. The molecule has 0 amide bonds. The van der Waals surface area contributed by atoms with Gasteiger partial charge in [-0.25, -0.2) is 4.98 Å². The van der Waals surface area contributed by atoms with E-state index in [1.165, 1.54) is 4.73 Å². The zero-order chi connectivity index (χ0) is 11.6. The van der Waals surface area contributed by atoms with E-state index in [2.05, 4.69) is 4.98 Å². The summed E-state index contributed by atoms with van der Waals surface area (Å²) in [6.07, 6.45) is 1.65. The van der Waals surface area contributed by atoms with Crippen LogP contribution in [-0.2, 0) is 0 Å². The summed E-state index contributed by atoms with van der Waals surface area (Å²) in [4.78, 5) is 16.2. The number of rotatable bonds is 3. The first-order valence-electron chi connectivity index (χ1n) is 4.90. The maximum Gasteiger partial charge on any atom is 0.290 e. The second-order valence-corrected chi connectivity index (χ2v) is 4.44. The molecule has 0 aliphatic rings. The van der Waals surface area contributed by atoms with Gasteiger partial charge < -0.3 is 3.17 Å². The highest BCUT2D eigenvalue weighted by atomic mass is 127. The van der Waals surface area contributed by atoms with E-state index >= 15 is 0 Å². The van der Waals surface area contributed by atoms with E-state index in [0.717, 1.165) is 0 Å². The molecule has 0 fully saturated rings. The van der Waals surface area contributed by atoms with Crippen molar-refractivity contribution in [3.8, 4) is 0 Å². The standard InChI is InChI=1S/C10H15IN2O2/c1-6(2)8-5-12-9(7(3)4)13(15-11)10(8)14/h5-7H,1-4H3. The first kappa shape index (κ1) is 12.5. The Morgan fingerprint density at radius 2 is 1.93 bits per heavy atom. The number of nitrogens with zero attached hydrogens (tertiary/aromatic N) is 2. The van der Waals surface area contributed by atoms with Crippen molar-refractivity contribution in [3.63, 3.8) is 0 Å². The number of hydrogen-bond acceptors (Lipinski definition) is 3. The molecule has 0 radical (unpaired) electrons. The summed E-state index contributed by atoms with van der Waals surface area (Å²) in [7, 11) is 0. The first-order chi connectivity index (χ1) is 6.99. The molecule has 0 saturated carbocycles. The lowest BCUT2D eigenvalue weighted by Crippen LogP contribution is -2.30. The van der Waals surface area contributed by atoms with Crippen molar-refractivity contribution in [2.45, 2.75) is 39.5 Å². The largest absolute Gasteiger partial charge is 0.340 e. The van der Waals surface area contributed by atoms with Gasteiger partial charge >= 0.3 is 0 Å². The van der Waals surface area contributed by atoms with Crippen LogP contribution in [0.2, 0.25) is 0 Å². The highest BCUT2D eigenvalue weighted by Crippen LogP contribution is 2.13. The van der Waals surface area contributed by atoms with E-state index in [4.69, 9.17) is 3.17 Å². The molecule has 0 aliphatic carbocycles. The van der Waals surface area contributed by atoms with Crippen LogP contribution in [0.1, 0.15) is 50.9 Å². The van der Waals surface area contributed by atoms with Crippen LogP contribution in [0.4, 0.5) is 0 Å². The number of hydrogen-bond donors (Lipinski definition) is 0. The Labute approximate surface area is 103 Å². The second-order valence-electron chi connectivity index (χ2n) is 4.05. The van der Waals surface area contributed by atoms with Crippen LogP contribution in [-0.4, -0.2) is 9.71 Å². The van der Waals surface area contributed by atoms with Crippen molar-refractivity contribution in [3.05, 3.63) is 27.9 Å². The van der Waals surface area contributed by atoms with Crippen LogP contribution in [0.5, 0.6) is 0 Å². The van der Waals surface area contributed by atoms with E-state index in [0.29, 0.717) is 11.4 Å². The number of aromatic nitrogens is 2. The maximum absolute atomic E-state index is 12.0. The molecule has 0 aliphatic heterocycles. The lowest BCUT2D eigenvalue weighted by Gasteiger charge is -2.13. The van der Waals surface area contributed by atoms with Gasteiger partial charge in [0.25, 0.3) is 5.56 Å². The fourth-order valence-corrected chi connectivity index (χ4v) is 1.69. The smallest absolute Gasteiger partial charge is 0.290 e. The topological polar surface area (TPSA) is 44.1 Å². The van der Waals surface area contributed by atoms with Gasteiger partial charge in [-0.3, -0.25) is 4.79 Å². The molecule has 0 saturated heterocycles. The summed E-state index contributed by atoms with van der Waals surface area (Å²) in [5.41, 5.74) is 0.564. The molecular formula is C10H15IN2O2. The third kappa shape index (κ3) is 2.50. The van der Waals surface area contributed by atoms with Gasteiger partial charge in [-0.1, -0.05) is 27.7 Å². The summed E-state index contributed by atoms with van der Waals surface area (Å²) < 4.78 is 6.30. The molecule has 1 aromatic rings. The van der Waals surface area contributed by atoms with E-state index < -0.39 is 0 Å². The normalized spacial score (nSPS) is 11.1. The van der Waals surface area contributed by atoms with Crippen LogP contribution >= 0.6 is 23.0 Å². The Kier molecular flexibility index (Phi) is 4.12. The van der Waals surface area contributed by atoms with Gasteiger partial charge in [-0.2, -0.15) is 0 Å². The zero-order valence-electron chi connectivity index (χ0n) is 9.32. The van der Waals surface area contributed by atoms with Crippen LogP contribution in [0.15, 0.2) is 11.0 Å². The van der Waals surface area contributed by atoms with Gasteiger partial charge in [0.15, 0.2) is 5.82 Å². The van der Waals surface area contributed by atoms with Crippen LogP contribution in [0, 0.1) is 0 Å². The molecule has 0 atom stereocenters. The molecule has 5 heteroatoms. The molecule has 84 valence electrons. The molecule has 1 aromatic heterocycles. The van der Waals surface area contributed by atoms with Crippen molar-refractivity contribution < 1.29 is 3.17 Å². The molecule has 0 N–H and O–H groups in total. The molecule has 0 bridgehead atoms. The molecule has 15 heavy (non-hydrogen) atoms. The molecule has 4 nitrogen and oxygen atoms in total. The zero-order valence-corrected chi connectivity index (χ0v) is 11.5. The fraction of sp³-hybridized carbons (Fsp3) is 0.600. The van der Waals surface area contributed by atoms with E-state index in [1.807, 2.05) is 27.7 Å². The minimum Gasteiger partial charge on any atom is -0.340 e. The maximum atomic E-state index is 12.0. The monoisotopic (exact) mass is 322 g/mol. The molecule has 0 spiro atoms. The summed E-state index contributed by atoms with van der Waals surface area (Å²) in [5, 5.41) is 0. The van der Waals surface area contributed by atoms with Crippen molar-refractivity contribution >= 4 is 23.0 Å². The van der Waals surface area contributed by atoms with E-state index in [1.54, 1.807) is 29.2 Å². The Morgan fingerprint density at radius 1 is 1.33 bits per heavy atom. The minimum atomic E-state index is -0.113. The Balaban J connectivity index is 3.40.